The standard InChI is InChI=1S/C15H18BrNO3/c1-9-5-6-12(8-13(9)16)17-14(18)10-3-2-4-11(7-10)15(19)20/h5-6,8,10-11H,2-4,7H2,1H3,(H,17,18)(H,19,20). The number of halogens is 1. The zero-order valence-electron chi connectivity index (χ0n) is 11.4. The molecule has 0 spiro atoms. The molecule has 2 N–H and O–H groups in total. The Bertz CT molecular complexity index is 530. The maximum absolute atomic E-state index is 12.2. The molecule has 1 aromatic carbocycles. The number of aryl methyl sites for hydroxylation is 1. The minimum atomic E-state index is -0.791. The first-order valence-electron chi connectivity index (χ1n) is 6.77. The van der Waals surface area contributed by atoms with Gasteiger partial charge in [-0.25, -0.2) is 0 Å². The van der Waals surface area contributed by atoms with Gasteiger partial charge in [-0.3, -0.25) is 9.59 Å². The lowest BCUT2D eigenvalue weighted by Crippen LogP contribution is -2.30. The van der Waals surface area contributed by atoms with Crippen molar-refractivity contribution in [3.8, 4) is 0 Å². The number of rotatable bonds is 3. The first kappa shape index (κ1) is 15.0. The molecule has 1 aliphatic carbocycles. The summed E-state index contributed by atoms with van der Waals surface area (Å²) in [4.78, 5) is 23.2. The van der Waals surface area contributed by atoms with Gasteiger partial charge in [0, 0.05) is 16.1 Å². The van der Waals surface area contributed by atoms with Gasteiger partial charge >= 0.3 is 5.97 Å². The van der Waals surface area contributed by atoms with Crippen molar-refractivity contribution in [1.29, 1.82) is 0 Å². The van der Waals surface area contributed by atoms with Crippen LogP contribution in [0.15, 0.2) is 22.7 Å². The van der Waals surface area contributed by atoms with Gasteiger partial charge in [0.25, 0.3) is 0 Å². The second-order valence-electron chi connectivity index (χ2n) is 5.35. The molecule has 2 unspecified atom stereocenters. The second kappa shape index (κ2) is 6.39. The lowest BCUT2D eigenvalue weighted by molar-refractivity contribution is -0.143. The molecule has 1 amide bonds. The Morgan fingerprint density at radius 3 is 2.65 bits per heavy atom. The van der Waals surface area contributed by atoms with E-state index in [9.17, 15) is 9.59 Å². The zero-order valence-corrected chi connectivity index (χ0v) is 12.9. The van der Waals surface area contributed by atoms with Gasteiger partial charge < -0.3 is 10.4 Å². The average Bonchev–Trinajstić information content (AvgIpc) is 2.43. The average molecular weight is 340 g/mol. The normalized spacial score (nSPS) is 22.3. The van der Waals surface area contributed by atoms with E-state index in [-0.39, 0.29) is 17.7 Å². The van der Waals surface area contributed by atoms with Gasteiger partial charge in [0.2, 0.25) is 5.91 Å². The number of benzene rings is 1. The Morgan fingerprint density at radius 2 is 2.00 bits per heavy atom. The van der Waals surface area contributed by atoms with E-state index >= 15 is 0 Å². The van der Waals surface area contributed by atoms with Crippen LogP contribution in [-0.4, -0.2) is 17.0 Å². The topological polar surface area (TPSA) is 66.4 Å². The minimum absolute atomic E-state index is 0.0771. The highest BCUT2D eigenvalue weighted by atomic mass is 79.9. The molecule has 2 atom stereocenters. The quantitative estimate of drug-likeness (QED) is 0.884. The Kier molecular flexibility index (Phi) is 4.81. The molecule has 0 saturated heterocycles. The molecule has 1 aliphatic rings. The number of hydrogen-bond acceptors (Lipinski definition) is 2. The molecule has 5 heteroatoms. The monoisotopic (exact) mass is 339 g/mol. The van der Waals surface area contributed by atoms with Gasteiger partial charge in [0.05, 0.1) is 5.92 Å². The molecule has 0 aliphatic heterocycles. The van der Waals surface area contributed by atoms with E-state index in [0.29, 0.717) is 12.8 Å². The number of carboxylic acids is 1. The Hall–Kier alpha value is -1.36. The Labute approximate surface area is 126 Å². The third kappa shape index (κ3) is 3.60. The molecular weight excluding hydrogens is 322 g/mol. The van der Waals surface area contributed by atoms with Crippen molar-refractivity contribution in [2.45, 2.75) is 32.6 Å². The summed E-state index contributed by atoms with van der Waals surface area (Å²) < 4.78 is 0.947. The van der Waals surface area contributed by atoms with Gasteiger partial charge in [0.15, 0.2) is 0 Å². The molecule has 0 heterocycles. The van der Waals surface area contributed by atoms with Crippen LogP contribution < -0.4 is 5.32 Å². The molecule has 1 saturated carbocycles. The summed E-state index contributed by atoms with van der Waals surface area (Å²) in [7, 11) is 0. The molecule has 20 heavy (non-hydrogen) atoms. The van der Waals surface area contributed by atoms with E-state index in [1.165, 1.54) is 0 Å². The van der Waals surface area contributed by atoms with Crippen LogP contribution >= 0.6 is 15.9 Å². The van der Waals surface area contributed by atoms with E-state index in [2.05, 4.69) is 21.2 Å². The summed E-state index contributed by atoms with van der Waals surface area (Å²) in [5, 5.41) is 11.9. The van der Waals surface area contributed by atoms with E-state index in [1.54, 1.807) is 0 Å². The summed E-state index contributed by atoms with van der Waals surface area (Å²) in [6, 6.07) is 5.65. The maximum atomic E-state index is 12.2. The number of aliphatic carboxylic acids is 1. The first-order chi connectivity index (χ1) is 9.47. The molecule has 1 aromatic rings. The van der Waals surface area contributed by atoms with E-state index < -0.39 is 5.97 Å². The fourth-order valence-electron chi connectivity index (χ4n) is 2.57. The minimum Gasteiger partial charge on any atom is -0.481 e. The van der Waals surface area contributed by atoms with Gasteiger partial charge in [-0.15, -0.1) is 0 Å². The van der Waals surface area contributed by atoms with E-state index in [1.807, 2.05) is 25.1 Å². The largest absolute Gasteiger partial charge is 0.481 e. The van der Waals surface area contributed by atoms with Gasteiger partial charge in [0.1, 0.15) is 0 Å². The molecule has 1 fully saturated rings. The van der Waals surface area contributed by atoms with E-state index in [0.717, 1.165) is 28.6 Å². The van der Waals surface area contributed by atoms with Gasteiger partial charge in [-0.2, -0.15) is 0 Å². The molecular formula is C15H18BrNO3. The molecule has 0 bridgehead atoms. The van der Waals surface area contributed by atoms with Crippen LogP contribution in [0, 0.1) is 18.8 Å². The van der Waals surface area contributed by atoms with Crippen LogP contribution in [0.1, 0.15) is 31.2 Å². The summed E-state index contributed by atoms with van der Waals surface area (Å²) >= 11 is 3.43. The Balaban J connectivity index is 2.00. The predicted octanol–water partition coefficient (Wildman–Crippen LogP) is 3.59. The van der Waals surface area contributed by atoms with Crippen LogP contribution in [-0.2, 0) is 9.59 Å². The van der Waals surface area contributed by atoms with Crippen molar-refractivity contribution >= 4 is 33.5 Å². The number of hydrogen-bond donors (Lipinski definition) is 2. The molecule has 2 rings (SSSR count). The van der Waals surface area contributed by atoms with E-state index in [4.69, 9.17) is 5.11 Å². The lowest BCUT2D eigenvalue weighted by Gasteiger charge is -2.25. The van der Waals surface area contributed by atoms with Crippen molar-refractivity contribution in [3.05, 3.63) is 28.2 Å². The fraction of sp³-hybridized carbons (Fsp3) is 0.467. The van der Waals surface area contributed by atoms with Crippen LogP contribution in [0.2, 0.25) is 0 Å². The maximum Gasteiger partial charge on any atom is 0.306 e. The van der Waals surface area contributed by atoms with Crippen molar-refractivity contribution in [3.63, 3.8) is 0 Å². The van der Waals surface area contributed by atoms with Crippen molar-refractivity contribution in [1.82, 2.24) is 0 Å². The summed E-state index contributed by atoms with van der Waals surface area (Å²) in [6.07, 6.45) is 2.68. The van der Waals surface area contributed by atoms with Gasteiger partial charge in [-0.1, -0.05) is 28.4 Å². The summed E-state index contributed by atoms with van der Waals surface area (Å²) in [6.45, 7) is 1.98. The molecule has 4 nitrogen and oxygen atoms in total. The van der Waals surface area contributed by atoms with Gasteiger partial charge in [-0.05, 0) is 43.9 Å². The number of carbonyl (C=O) groups is 2. The van der Waals surface area contributed by atoms with Crippen molar-refractivity contribution < 1.29 is 14.7 Å². The Morgan fingerprint density at radius 1 is 1.30 bits per heavy atom. The van der Waals surface area contributed by atoms with Crippen LogP contribution in [0.4, 0.5) is 5.69 Å². The summed E-state index contributed by atoms with van der Waals surface area (Å²) in [5.74, 6) is -1.46. The zero-order chi connectivity index (χ0) is 14.7. The number of carbonyl (C=O) groups excluding carboxylic acids is 1. The molecule has 0 radical (unpaired) electrons. The summed E-state index contributed by atoms with van der Waals surface area (Å²) in [5.41, 5.74) is 1.84. The third-order valence-corrected chi connectivity index (χ3v) is 4.69. The first-order valence-corrected chi connectivity index (χ1v) is 7.56. The third-order valence-electron chi connectivity index (χ3n) is 3.83. The molecule has 108 valence electrons. The van der Waals surface area contributed by atoms with Crippen LogP contribution in [0.5, 0.6) is 0 Å². The highest BCUT2D eigenvalue weighted by Gasteiger charge is 2.30. The van der Waals surface area contributed by atoms with Crippen molar-refractivity contribution in [2.24, 2.45) is 11.8 Å². The number of amides is 1. The lowest BCUT2D eigenvalue weighted by atomic mass is 9.81. The number of carboxylic acid groups (broad SMARTS) is 1. The predicted molar refractivity (Wildman–Crippen MR) is 80.6 cm³/mol. The highest BCUT2D eigenvalue weighted by molar-refractivity contribution is 9.10. The van der Waals surface area contributed by atoms with Crippen LogP contribution in [0.3, 0.4) is 0 Å². The SMILES string of the molecule is Cc1ccc(NC(=O)C2CCCC(C(=O)O)C2)cc1Br. The number of anilines is 1. The fourth-order valence-corrected chi connectivity index (χ4v) is 2.95. The van der Waals surface area contributed by atoms with Crippen LogP contribution in [0.25, 0.3) is 0 Å². The van der Waals surface area contributed by atoms with Crippen molar-refractivity contribution in [2.75, 3.05) is 5.32 Å². The second-order valence-corrected chi connectivity index (χ2v) is 6.21. The number of nitrogens with one attached hydrogen (secondary N) is 1. The smallest absolute Gasteiger partial charge is 0.306 e. The molecule has 0 aromatic heterocycles. The highest BCUT2D eigenvalue weighted by Crippen LogP contribution is 2.30.